The molecule has 0 aliphatic rings. The van der Waals surface area contributed by atoms with Crippen LogP contribution in [0.15, 0.2) is 42.5 Å². The Hall–Kier alpha value is -3.20. The van der Waals surface area contributed by atoms with E-state index in [-0.39, 0.29) is 16.5 Å². The molecule has 2 N–H and O–H groups in total. The molecule has 0 aliphatic carbocycles. The van der Waals surface area contributed by atoms with E-state index in [2.05, 4.69) is 10.6 Å². The van der Waals surface area contributed by atoms with E-state index in [1.807, 2.05) is 0 Å². The average Bonchev–Trinajstić information content (AvgIpc) is 2.62. The standard InChI is InChI=1S/C17H17N3O5S/c1-3-25-16(21)11-4-6-12(7-5-11)18-17(26)19-14-9-8-13(24-2)10-15(14)20(22)23/h4-10H,3H2,1-2H3,(H2,18,19,26). The third-order valence-corrected chi connectivity index (χ3v) is 3.51. The number of methoxy groups -OCH3 is 1. The number of rotatable bonds is 6. The van der Waals surface area contributed by atoms with Crippen molar-refractivity contribution in [2.45, 2.75) is 6.92 Å². The summed E-state index contributed by atoms with van der Waals surface area (Å²) in [7, 11) is 1.43. The number of carbonyl (C=O) groups is 1. The molecular weight excluding hydrogens is 358 g/mol. The van der Waals surface area contributed by atoms with Crippen molar-refractivity contribution in [3.63, 3.8) is 0 Å². The van der Waals surface area contributed by atoms with Crippen molar-refractivity contribution in [3.05, 3.63) is 58.1 Å². The number of hydrogen-bond donors (Lipinski definition) is 2. The van der Waals surface area contributed by atoms with Gasteiger partial charge >= 0.3 is 5.97 Å². The van der Waals surface area contributed by atoms with Crippen molar-refractivity contribution in [1.82, 2.24) is 0 Å². The maximum Gasteiger partial charge on any atom is 0.338 e. The normalized spacial score (nSPS) is 9.92. The highest BCUT2D eigenvalue weighted by atomic mass is 32.1. The molecule has 0 saturated carbocycles. The van der Waals surface area contributed by atoms with Gasteiger partial charge in [0, 0.05) is 5.69 Å². The number of ether oxygens (including phenoxy) is 2. The third-order valence-electron chi connectivity index (χ3n) is 3.30. The monoisotopic (exact) mass is 375 g/mol. The van der Waals surface area contributed by atoms with Crippen molar-refractivity contribution in [1.29, 1.82) is 0 Å². The van der Waals surface area contributed by atoms with E-state index in [4.69, 9.17) is 21.7 Å². The molecular formula is C17H17N3O5S. The van der Waals surface area contributed by atoms with Gasteiger partial charge in [0.25, 0.3) is 5.69 Å². The Bertz CT molecular complexity index is 824. The molecule has 9 heteroatoms. The van der Waals surface area contributed by atoms with Crippen LogP contribution in [0.2, 0.25) is 0 Å². The molecule has 0 unspecified atom stereocenters. The van der Waals surface area contributed by atoms with Crippen LogP contribution in [0.5, 0.6) is 5.75 Å². The molecule has 8 nitrogen and oxygen atoms in total. The second kappa shape index (κ2) is 8.77. The Kier molecular flexibility index (Phi) is 6.45. The van der Waals surface area contributed by atoms with Gasteiger partial charge in [0.2, 0.25) is 0 Å². The molecule has 136 valence electrons. The van der Waals surface area contributed by atoms with Gasteiger partial charge in [0.1, 0.15) is 11.4 Å². The predicted octanol–water partition coefficient (Wildman–Crippen LogP) is 3.59. The Morgan fingerprint density at radius 2 is 1.88 bits per heavy atom. The summed E-state index contributed by atoms with van der Waals surface area (Å²) >= 11 is 5.18. The highest BCUT2D eigenvalue weighted by Crippen LogP contribution is 2.29. The minimum atomic E-state index is -0.526. The van der Waals surface area contributed by atoms with Crippen LogP contribution in [0.4, 0.5) is 17.1 Å². The average molecular weight is 375 g/mol. The van der Waals surface area contributed by atoms with Crippen LogP contribution in [0.25, 0.3) is 0 Å². The Balaban J connectivity index is 2.07. The van der Waals surface area contributed by atoms with Crippen molar-refractivity contribution < 1.29 is 19.2 Å². The van der Waals surface area contributed by atoms with Crippen LogP contribution in [0.1, 0.15) is 17.3 Å². The zero-order valence-electron chi connectivity index (χ0n) is 14.1. The summed E-state index contributed by atoms with van der Waals surface area (Å²) in [6.07, 6.45) is 0. The van der Waals surface area contributed by atoms with Crippen molar-refractivity contribution in [2.24, 2.45) is 0 Å². The summed E-state index contributed by atoms with van der Waals surface area (Å²) < 4.78 is 9.90. The minimum absolute atomic E-state index is 0.161. The Morgan fingerprint density at radius 1 is 1.19 bits per heavy atom. The van der Waals surface area contributed by atoms with Gasteiger partial charge in [-0.1, -0.05) is 0 Å². The number of nitro groups is 1. The molecule has 2 aromatic carbocycles. The highest BCUT2D eigenvalue weighted by Gasteiger charge is 2.16. The van der Waals surface area contributed by atoms with Crippen molar-refractivity contribution in [2.75, 3.05) is 24.4 Å². The van der Waals surface area contributed by atoms with E-state index in [1.165, 1.54) is 19.2 Å². The molecule has 2 rings (SSSR count). The first-order chi connectivity index (χ1) is 12.4. The molecule has 0 aromatic heterocycles. The number of hydrogen-bond acceptors (Lipinski definition) is 6. The fraction of sp³-hybridized carbons (Fsp3) is 0.176. The van der Waals surface area contributed by atoms with Gasteiger partial charge in [0.15, 0.2) is 5.11 Å². The molecule has 2 aromatic rings. The Labute approximate surface area is 155 Å². The first-order valence-corrected chi connectivity index (χ1v) is 8.03. The number of nitro benzene ring substituents is 1. The lowest BCUT2D eigenvalue weighted by atomic mass is 10.2. The van der Waals surface area contributed by atoms with Crippen LogP contribution in [0.3, 0.4) is 0 Å². The zero-order chi connectivity index (χ0) is 19.1. The molecule has 0 bridgehead atoms. The van der Waals surface area contributed by atoms with Gasteiger partial charge in [-0.3, -0.25) is 10.1 Å². The van der Waals surface area contributed by atoms with Gasteiger partial charge in [-0.2, -0.15) is 0 Å². The Morgan fingerprint density at radius 3 is 2.46 bits per heavy atom. The first kappa shape index (κ1) is 19.1. The minimum Gasteiger partial charge on any atom is -0.496 e. The summed E-state index contributed by atoms with van der Waals surface area (Å²) in [5, 5.41) is 17.0. The van der Waals surface area contributed by atoms with E-state index in [0.717, 1.165) is 0 Å². The fourth-order valence-electron chi connectivity index (χ4n) is 2.08. The van der Waals surface area contributed by atoms with Crippen LogP contribution < -0.4 is 15.4 Å². The largest absolute Gasteiger partial charge is 0.496 e. The zero-order valence-corrected chi connectivity index (χ0v) is 15.0. The lowest BCUT2D eigenvalue weighted by Crippen LogP contribution is -2.19. The molecule has 0 atom stereocenters. The second-order valence-electron chi connectivity index (χ2n) is 5.02. The second-order valence-corrected chi connectivity index (χ2v) is 5.43. The number of benzene rings is 2. The van der Waals surface area contributed by atoms with Gasteiger partial charge in [-0.25, -0.2) is 4.79 Å². The lowest BCUT2D eigenvalue weighted by molar-refractivity contribution is -0.384. The maximum absolute atomic E-state index is 11.6. The molecule has 26 heavy (non-hydrogen) atoms. The van der Waals surface area contributed by atoms with E-state index >= 15 is 0 Å². The summed E-state index contributed by atoms with van der Waals surface area (Å²) in [6, 6.07) is 10.9. The van der Waals surface area contributed by atoms with Crippen molar-refractivity contribution in [3.8, 4) is 5.75 Å². The van der Waals surface area contributed by atoms with Gasteiger partial charge in [-0.15, -0.1) is 0 Å². The smallest absolute Gasteiger partial charge is 0.338 e. The fourth-order valence-corrected chi connectivity index (χ4v) is 2.31. The van der Waals surface area contributed by atoms with Crippen LogP contribution in [-0.2, 0) is 4.74 Å². The highest BCUT2D eigenvalue weighted by molar-refractivity contribution is 7.80. The van der Waals surface area contributed by atoms with E-state index in [0.29, 0.717) is 23.6 Å². The summed E-state index contributed by atoms with van der Waals surface area (Å²) in [5.74, 6) is -0.0377. The van der Waals surface area contributed by atoms with Crippen LogP contribution >= 0.6 is 12.2 Å². The molecule has 0 fully saturated rings. The number of nitrogens with zero attached hydrogens (tertiary/aromatic N) is 1. The lowest BCUT2D eigenvalue weighted by Gasteiger charge is -2.12. The van der Waals surface area contributed by atoms with E-state index in [1.54, 1.807) is 37.3 Å². The maximum atomic E-state index is 11.6. The molecule has 0 saturated heterocycles. The first-order valence-electron chi connectivity index (χ1n) is 7.62. The quantitative estimate of drug-likeness (QED) is 0.342. The topological polar surface area (TPSA) is 103 Å². The summed E-state index contributed by atoms with van der Waals surface area (Å²) in [6.45, 7) is 2.03. The molecule has 0 radical (unpaired) electrons. The van der Waals surface area contributed by atoms with Gasteiger partial charge in [0.05, 0.1) is 30.3 Å². The molecule has 0 spiro atoms. The molecule has 0 heterocycles. The van der Waals surface area contributed by atoms with E-state index in [9.17, 15) is 14.9 Å². The number of thiocarbonyl (C=S) groups is 1. The molecule has 0 aliphatic heterocycles. The SMILES string of the molecule is CCOC(=O)c1ccc(NC(=S)Nc2ccc(OC)cc2[N+](=O)[O-])cc1. The summed E-state index contributed by atoms with van der Waals surface area (Å²) in [4.78, 5) is 22.3. The van der Waals surface area contributed by atoms with Gasteiger partial charge in [-0.05, 0) is 55.5 Å². The van der Waals surface area contributed by atoms with Crippen LogP contribution in [0, 0.1) is 10.1 Å². The number of esters is 1. The molecule has 0 amide bonds. The van der Waals surface area contributed by atoms with Crippen LogP contribution in [-0.4, -0.2) is 29.7 Å². The predicted molar refractivity (Wildman–Crippen MR) is 102 cm³/mol. The number of nitrogens with one attached hydrogen (secondary N) is 2. The number of anilines is 2. The van der Waals surface area contributed by atoms with E-state index < -0.39 is 10.9 Å². The summed E-state index contributed by atoms with van der Waals surface area (Å²) in [5.41, 5.74) is 1.11. The van der Waals surface area contributed by atoms with Crippen molar-refractivity contribution >= 4 is 40.4 Å². The number of carbonyl (C=O) groups excluding carboxylic acids is 1. The third kappa shape index (κ3) is 4.90. The van der Waals surface area contributed by atoms with Gasteiger partial charge < -0.3 is 20.1 Å².